The highest BCUT2D eigenvalue weighted by molar-refractivity contribution is 6.32. The van der Waals surface area contributed by atoms with E-state index < -0.39 is 5.97 Å². The summed E-state index contributed by atoms with van der Waals surface area (Å²) in [7, 11) is 0. The second kappa shape index (κ2) is 5.56. The Balaban J connectivity index is 2.87. The first-order chi connectivity index (χ1) is 7.19. The van der Waals surface area contributed by atoms with Crippen molar-refractivity contribution in [2.24, 2.45) is 0 Å². The molecule has 0 atom stereocenters. The molecule has 0 aliphatic heterocycles. The summed E-state index contributed by atoms with van der Waals surface area (Å²) in [5.41, 5.74) is 0.252. The molecule has 0 spiro atoms. The standard InChI is InChI=1S/C10H12ClNO3/c1-3-14-8-6-5-7(9(11)12-8)10(13)15-4-2/h5-6H,3-4H2,1-2H3. The van der Waals surface area contributed by atoms with Gasteiger partial charge in [0.1, 0.15) is 5.15 Å². The first-order valence-corrected chi connectivity index (χ1v) is 5.03. The lowest BCUT2D eigenvalue weighted by Gasteiger charge is -2.05. The van der Waals surface area contributed by atoms with E-state index in [-0.39, 0.29) is 10.7 Å². The Kier molecular flexibility index (Phi) is 4.37. The molecule has 0 aliphatic rings. The van der Waals surface area contributed by atoms with Crippen LogP contribution in [0.25, 0.3) is 0 Å². The maximum Gasteiger partial charge on any atom is 0.341 e. The summed E-state index contributed by atoms with van der Waals surface area (Å²) in [6, 6.07) is 3.12. The molecule has 0 amide bonds. The monoisotopic (exact) mass is 229 g/mol. The van der Waals surface area contributed by atoms with Crippen molar-refractivity contribution in [1.82, 2.24) is 4.98 Å². The lowest BCUT2D eigenvalue weighted by Crippen LogP contribution is -2.06. The Morgan fingerprint density at radius 3 is 2.67 bits per heavy atom. The summed E-state index contributed by atoms with van der Waals surface area (Å²) in [6.45, 7) is 4.38. The van der Waals surface area contributed by atoms with E-state index in [2.05, 4.69) is 4.98 Å². The smallest absolute Gasteiger partial charge is 0.341 e. The number of ether oxygens (including phenoxy) is 2. The molecule has 0 fully saturated rings. The van der Waals surface area contributed by atoms with Crippen molar-refractivity contribution in [3.63, 3.8) is 0 Å². The minimum Gasteiger partial charge on any atom is -0.478 e. The van der Waals surface area contributed by atoms with Crippen LogP contribution < -0.4 is 4.74 Å². The van der Waals surface area contributed by atoms with Crippen molar-refractivity contribution in [2.45, 2.75) is 13.8 Å². The number of pyridine rings is 1. The number of nitrogens with zero attached hydrogens (tertiary/aromatic N) is 1. The normalized spacial score (nSPS) is 9.80. The first kappa shape index (κ1) is 11.8. The molecule has 0 radical (unpaired) electrons. The van der Waals surface area contributed by atoms with Gasteiger partial charge in [0.05, 0.1) is 18.8 Å². The molecule has 1 aromatic heterocycles. The van der Waals surface area contributed by atoms with Crippen LogP contribution in [0.3, 0.4) is 0 Å². The van der Waals surface area contributed by atoms with Crippen molar-refractivity contribution in [2.75, 3.05) is 13.2 Å². The van der Waals surface area contributed by atoms with Crippen LogP contribution in [0.5, 0.6) is 5.88 Å². The van der Waals surface area contributed by atoms with E-state index in [1.165, 1.54) is 0 Å². The van der Waals surface area contributed by atoms with Crippen LogP contribution in [-0.2, 0) is 4.74 Å². The third kappa shape index (κ3) is 3.09. The van der Waals surface area contributed by atoms with E-state index in [1.807, 2.05) is 6.92 Å². The van der Waals surface area contributed by atoms with E-state index in [0.29, 0.717) is 19.1 Å². The van der Waals surface area contributed by atoms with Crippen LogP contribution in [-0.4, -0.2) is 24.2 Å². The maximum atomic E-state index is 11.3. The molecule has 1 rings (SSSR count). The van der Waals surface area contributed by atoms with Crippen LogP contribution in [0.2, 0.25) is 5.15 Å². The third-order valence-corrected chi connectivity index (χ3v) is 1.90. The van der Waals surface area contributed by atoms with Gasteiger partial charge in [0.25, 0.3) is 0 Å². The molecule has 0 bridgehead atoms. The fourth-order valence-corrected chi connectivity index (χ4v) is 1.23. The average Bonchev–Trinajstić information content (AvgIpc) is 2.18. The Bertz CT molecular complexity index is 355. The van der Waals surface area contributed by atoms with E-state index in [1.54, 1.807) is 19.1 Å². The second-order valence-electron chi connectivity index (χ2n) is 2.64. The Hall–Kier alpha value is -1.29. The zero-order valence-corrected chi connectivity index (χ0v) is 9.37. The predicted molar refractivity (Wildman–Crippen MR) is 56.4 cm³/mol. The minimum atomic E-state index is -0.474. The van der Waals surface area contributed by atoms with Gasteiger partial charge >= 0.3 is 5.97 Å². The van der Waals surface area contributed by atoms with Gasteiger partial charge in [0.2, 0.25) is 5.88 Å². The maximum absolute atomic E-state index is 11.3. The lowest BCUT2D eigenvalue weighted by atomic mass is 10.3. The molecule has 1 heterocycles. The number of rotatable bonds is 4. The van der Waals surface area contributed by atoms with Gasteiger partial charge in [0, 0.05) is 6.07 Å². The van der Waals surface area contributed by atoms with Gasteiger partial charge in [-0.25, -0.2) is 9.78 Å². The molecule has 0 aromatic carbocycles. The molecule has 1 aromatic rings. The van der Waals surface area contributed by atoms with E-state index in [9.17, 15) is 4.79 Å². The largest absolute Gasteiger partial charge is 0.478 e. The number of aromatic nitrogens is 1. The van der Waals surface area contributed by atoms with Crippen LogP contribution in [0.15, 0.2) is 12.1 Å². The minimum absolute atomic E-state index is 0.0967. The molecule has 82 valence electrons. The summed E-state index contributed by atoms with van der Waals surface area (Å²) in [4.78, 5) is 15.3. The van der Waals surface area contributed by atoms with Crippen LogP contribution >= 0.6 is 11.6 Å². The number of carbonyl (C=O) groups is 1. The fraction of sp³-hybridized carbons (Fsp3) is 0.400. The molecule has 0 saturated heterocycles. The molecule has 0 unspecified atom stereocenters. The summed E-state index contributed by atoms with van der Waals surface area (Å²) in [5.74, 6) is -0.0754. The number of esters is 1. The molecular formula is C10H12ClNO3. The second-order valence-corrected chi connectivity index (χ2v) is 3.00. The van der Waals surface area contributed by atoms with Crippen molar-refractivity contribution in [1.29, 1.82) is 0 Å². The molecule has 4 nitrogen and oxygen atoms in total. The van der Waals surface area contributed by atoms with E-state index in [0.717, 1.165) is 0 Å². The summed E-state index contributed by atoms with van der Waals surface area (Å²) in [6.07, 6.45) is 0. The van der Waals surface area contributed by atoms with Crippen molar-refractivity contribution >= 4 is 17.6 Å². The van der Waals surface area contributed by atoms with Gasteiger partial charge in [-0.15, -0.1) is 0 Å². The van der Waals surface area contributed by atoms with Gasteiger partial charge in [0.15, 0.2) is 0 Å². The SMILES string of the molecule is CCOC(=O)c1ccc(OCC)nc1Cl. The Morgan fingerprint density at radius 1 is 1.40 bits per heavy atom. The third-order valence-electron chi connectivity index (χ3n) is 1.61. The number of halogens is 1. The quantitative estimate of drug-likeness (QED) is 0.587. The van der Waals surface area contributed by atoms with Crippen LogP contribution in [0.1, 0.15) is 24.2 Å². The van der Waals surface area contributed by atoms with Crippen molar-refractivity contribution in [3.05, 3.63) is 22.8 Å². The highest BCUT2D eigenvalue weighted by Gasteiger charge is 2.13. The molecule has 15 heavy (non-hydrogen) atoms. The van der Waals surface area contributed by atoms with Crippen molar-refractivity contribution < 1.29 is 14.3 Å². The van der Waals surface area contributed by atoms with Gasteiger partial charge in [-0.2, -0.15) is 0 Å². The first-order valence-electron chi connectivity index (χ1n) is 4.65. The molecule has 0 saturated carbocycles. The number of hydrogen-bond donors (Lipinski definition) is 0. The predicted octanol–water partition coefficient (Wildman–Crippen LogP) is 2.31. The molecule has 5 heteroatoms. The average molecular weight is 230 g/mol. The van der Waals surface area contributed by atoms with Crippen LogP contribution in [0.4, 0.5) is 0 Å². The van der Waals surface area contributed by atoms with E-state index >= 15 is 0 Å². The number of carbonyl (C=O) groups excluding carboxylic acids is 1. The summed E-state index contributed by atoms with van der Waals surface area (Å²) >= 11 is 5.80. The molecule has 0 aliphatic carbocycles. The van der Waals surface area contributed by atoms with Crippen LogP contribution in [0, 0.1) is 0 Å². The van der Waals surface area contributed by atoms with E-state index in [4.69, 9.17) is 21.1 Å². The molecular weight excluding hydrogens is 218 g/mol. The van der Waals surface area contributed by atoms with Gasteiger partial charge in [-0.1, -0.05) is 11.6 Å². The Labute approximate surface area is 93.2 Å². The zero-order valence-electron chi connectivity index (χ0n) is 8.62. The highest BCUT2D eigenvalue weighted by Crippen LogP contribution is 2.18. The molecule has 0 N–H and O–H groups in total. The lowest BCUT2D eigenvalue weighted by molar-refractivity contribution is 0.0526. The van der Waals surface area contributed by atoms with Gasteiger partial charge in [-0.05, 0) is 19.9 Å². The number of hydrogen-bond acceptors (Lipinski definition) is 4. The fourth-order valence-electron chi connectivity index (χ4n) is 1.01. The topological polar surface area (TPSA) is 48.4 Å². The van der Waals surface area contributed by atoms with Gasteiger partial charge < -0.3 is 9.47 Å². The van der Waals surface area contributed by atoms with Crippen molar-refractivity contribution in [3.8, 4) is 5.88 Å². The van der Waals surface area contributed by atoms with Gasteiger partial charge in [-0.3, -0.25) is 0 Å². The Morgan fingerprint density at radius 2 is 2.13 bits per heavy atom. The zero-order chi connectivity index (χ0) is 11.3. The highest BCUT2D eigenvalue weighted by atomic mass is 35.5. The summed E-state index contributed by atoms with van der Waals surface area (Å²) in [5, 5.41) is 0.0967. The summed E-state index contributed by atoms with van der Waals surface area (Å²) < 4.78 is 9.94.